The van der Waals surface area contributed by atoms with Gasteiger partial charge in [-0.15, -0.1) is 0 Å². The van der Waals surface area contributed by atoms with Gasteiger partial charge < -0.3 is 10.4 Å². The normalized spacial score (nSPS) is 21.4. The van der Waals surface area contributed by atoms with Gasteiger partial charge in [0.1, 0.15) is 5.69 Å². The maximum atomic E-state index is 11.0. The Morgan fingerprint density at radius 1 is 1.30 bits per heavy atom. The predicted octanol–water partition coefficient (Wildman–Crippen LogP) is 3.80. The summed E-state index contributed by atoms with van der Waals surface area (Å²) in [7, 11) is 0. The van der Waals surface area contributed by atoms with E-state index >= 15 is 0 Å². The van der Waals surface area contributed by atoms with E-state index in [1.807, 2.05) is 6.07 Å². The average molecular weight is 276 g/mol. The van der Waals surface area contributed by atoms with Crippen LogP contribution >= 0.6 is 0 Å². The van der Waals surface area contributed by atoms with Gasteiger partial charge >= 0.3 is 5.97 Å². The maximum absolute atomic E-state index is 11.0. The second-order valence-electron chi connectivity index (χ2n) is 7.49. The average Bonchev–Trinajstić information content (AvgIpc) is 2.24. The minimum atomic E-state index is -0.988. The molecule has 2 rings (SSSR count). The SMILES string of the molecule is CC1(C)CC(Nc2ccnc(C(=O)O)c2)CC(C)(C)C1. The number of nitrogens with zero attached hydrogens (tertiary/aromatic N) is 1. The van der Waals surface area contributed by atoms with E-state index in [-0.39, 0.29) is 5.69 Å². The van der Waals surface area contributed by atoms with Crippen LogP contribution < -0.4 is 5.32 Å². The van der Waals surface area contributed by atoms with Gasteiger partial charge in [-0.1, -0.05) is 27.7 Å². The summed E-state index contributed by atoms with van der Waals surface area (Å²) >= 11 is 0. The molecule has 0 saturated heterocycles. The number of carbonyl (C=O) groups is 1. The zero-order chi connectivity index (χ0) is 15.0. The van der Waals surface area contributed by atoms with Crippen LogP contribution in [0.15, 0.2) is 18.3 Å². The zero-order valence-electron chi connectivity index (χ0n) is 12.7. The van der Waals surface area contributed by atoms with Crippen LogP contribution in [-0.4, -0.2) is 22.1 Å². The lowest BCUT2D eigenvalue weighted by Gasteiger charge is -2.45. The lowest BCUT2D eigenvalue weighted by Crippen LogP contribution is -2.40. The molecule has 110 valence electrons. The quantitative estimate of drug-likeness (QED) is 0.881. The van der Waals surface area contributed by atoms with Crippen LogP contribution in [0.5, 0.6) is 0 Å². The van der Waals surface area contributed by atoms with Crippen LogP contribution in [0.4, 0.5) is 5.69 Å². The summed E-state index contributed by atoms with van der Waals surface area (Å²) in [6.07, 6.45) is 4.96. The molecule has 0 amide bonds. The first-order valence-electron chi connectivity index (χ1n) is 7.13. The second-order valence-corrected chi connectivity index (χ2v) is 7.49. The lowest BCUT2D eigenvalue weighted by atomic mass is 9.63. The summed E-state index contributed by atoms with van der Waals surface area (Å²) in [5.41, 5.74) is 1.55. The molecule has 0 unspecified atom stereocenters. The van der Waals surface area contributed by atoms with Crippen molar-refractivity contribution in [2.24, 2.45) is 10.8 Å². The molecule has 0 aromatic carbocycles. The van der Waals surface area contributed by atoms with Gasteiger partial charge in [-0.25, -0.2) is 9.78 Å². The molecule has 20 heavy (non-hydrogen) atoms. The van der Waals surface area contributed by atoms with Crippen LogP contribution in [0.25, 0.3) is 0 Å². The van der Waals surface area contributed by atoms with E-state index in [1.165, 1.54) is 6.42 Å². The predicted molar refractivity (Wildman–Crippen MR) is 80.0 cm³/mol. The Kier molecular flexibility index (Phi) is 3.76. The van der Waals surface area contributed by atoms with E-state index in [4.69, 9.17) is 5.11 Å². The number of carboxylic acids is 1. The molecule has 1 saturated carbocycles. The highest BCUT2D eigenvalue weighted by molar-refractivity contribution is 5.86. The van der Waals surface area contributed by atoms with Gasteiger partial charge in [0.25, 0.3) is 0 Å². The van der Waals surface area contributed by atoms with E-state index < -0.39 is 5.97 Å². The third kappa shape index (κ3) is 3.71. The van der Waals surface area contributed by atoms with Gasteiger partial charge in [0.15, 0.2) is 0 Å². The van der Waals surface area contributed by atoms with Crippen molar-refractivity contribution in [1.82, 2.24) is 4.98 Å². The molecule has 1 fully saturated rings. The van der Waals surface area contributed by atoms with Gasteiger partial charge in [-0.3, -0.25) is 0 Å². The molecule has 4 heteroatoms. The van der Waals surface area contributed by atoms with Crippen LogP contribution in [0.1, 0.15) is 57.4 Å². The number of aromatic nitrogens is 1. The highest BCUT2D eigenvalue weighted by Gasteiger charge is 2.38. The molecule has 1 aromatic rings. The fraction of sp³-hybridized carbons (Fsp3) is 0.625. The highest BCUT2D eigenvalue weighted by Crippen LogP contribution is 2.46. The molecule has 0 radical (unpaired) electrons. The number of pyridine rings is 1. The number of aromatic carboxylic acids is 1. The molecule has 1 heterocycles. The zero-order valence-corrected chi connectivity index (χ0v) is 12.7. The van der Waals surface area contributed by atoms with Gasteiger partial charge in [0, 0.05) is 17.9 Å². The molecule has 2 N–H and O–H groups in total. The number of anilines is 1. The Balaban J connectivity index is 2.13. The Labute approximate surface area is 120 Å². The third-order valence-corrected chi connectivity index (χ3v) is 3.90. The number of nitrogens with one attached hydrogen (secondary N) is 1. The van der Waals surface area contributed by atoms with E-state index in [1.54, 1.807) is 12.3 Å². The minimum absolute atomic E-state index is 0.0873. The van der Waals surface area contributed by atoms with Crippen LogP contribution in [0.2, 0.25) is 0 Å². The first-order chi connectivity index (χ1) is 9.17. The van der Waals surface area contributed by atoms with Gasteiger partial charge in [-0.2, -0.15) is 0 Å². The van der Waals surface area contributed by atoms with Crippen molar-refractivity contribution >= 4 is 11.7 Å². The summed E-state index contributed by atoms with van der Waals surface area (Å²) in [5, 5.41) is 12.5. The van der Waals surface area contributed by atoms with E-state index in [9.17, 15) is 4.79 Å². The molecule has 4 nitrogen and oxygen atoms in total. The number of carboxylic acid groups (broad SMARTS) is 1. The van der Waals surface area contributed by atoms with Crippen molar-refractivity contribution in [2.75, 3.05) is 5.32 Å². The standard InChI is InChI=1S/C16H24N2O2/c1-15(2)8-12(9-16(3,4)10-15)18-11-5-6-17-13(7-11)14(19)20/h5-7,12H,8-10H2,1-4H3,(H,17,18)(H,19,20). The maximum Gasteiger partial charge on any atom is 0.354 e. The highest BCUT2D eigenvalue weighted by atomic mass is 16.4. The minimum Gasteiger partial charge on any atom is -0.477 e. The lowest BCUT2D eigenvalue weighted by molar-refractivity contribution is 0.0690. The molecule has 1 aliphatic rings. The Morgan fingerprint density at radius 2 is 1.90 bits per heavy atom. The van der Waals surface area contributed by atoms with Crippen molar-refractivity contribution in [3.63, 3.8) is 0 Å². The number of hydrogen-bond donors (Lipinski definition) is 2. The summed E-state index contributed by atoms with van der Waals surface area (Å²) in [4.78, 5) is 14.8. The van der Waals surface area contributed by atoms with Gasteiger partial charge in [0.05, 0.1) is 0 Å². The van der Waals surface area contributed by atoms with Crippen LogP contribution in [0.3, 0.4) is 0 Å². The van der Waals surface area contributed by atoms with E-state index in [0.29, 0.717) is 16.9 Å². The van der Waals surface area contributed by atoms with Crippen LogP contribution in [-0.2, 0) is 0 Å². The first kappa shape index (κ1) is 14.8. The third-order valence-electron chi connectivity index (χ3n) is 3.90. The van der Waals surface area contributed by atoms with Crippen molar-refractivity contribution in [1.29, 1.82) is 0 Å². The molecule has 0 spiro atoms. The van der Waals surface area contributed by atoms with Gasteiger partial charge in [-0.05, 0) is 42.2 Å². The fourth-order valence-electron chi connectivity index (χ4n) is 3.82. The molecule has 0 bridgehead atoms. The molecular formula is C16H24N2O2. The Bertz CT molecular complexity index is 493. The summed E-state index contributed by atoms with van der Waals surface area (Å²) < 4.78 is 0. The van der Waals surface area contributed by atoms with E-state index in [0.717, 1.165) is 18.5 Å². The van der Waals surface area contributed by atoms with Crippen molar-refractivity contribution in [2.45, 2.75) is 53.0 Å². The summed E-state index contributed by atoms with van der Waals surface area (Å²) in [6.45, 7) is 9.21. The van der Waals surface area contributed by atoms with Crippen LogP contribution in [0, 0.1) is 10.8 Å². The van der Waals surface area contributed by atoms with Crippen molar-refractivity contribution in [3.8, 4) is 0 Å². The fourth-order valence-corrected chi connectivity index (χ4v) is 3.82. The van der Waals surface area contributed by atoms with Crippen molar-refractivity contribution < 1.29 is 9.90 Å². The van der Waals surface area contributed by atoms with E-state index in [2.05, 4.69) is 38.0 Å². The summed E-state index contributed by atoms with van der Waals surface area (Å²) in [6, 6.07) is 3.82. The van der Waals surface area contributed by atoms with Gasteiger partial charge in [0.2, 0.25) is 0 Å². The van der Waals surface area contributed by atoms with Crippen molar-refractivity contribution in [3.05, 3.63) is 24.0 Å². The second kappa shape index (κ2) is 5.08. The number of rotatable bonds is 3. The molecule has 0 aliphatic heterocycles. The number of hydrogen-bond acceptors (Lipinski definition) is 3. The first-order valence-corrected chi connectivity index (χ1v) is 7.13. The molecule has 1 aromatic heterocycles. The molecule has 1 aliphatic carbocycles. The summed E-state index contributed by atoms with van der Waals surface area (Å²) in [5.74, 6) is -0.988. The largest absolute Gasteiger partial charge is 0.477 e. The topological polar surface area (TPSA) is 62.2 Å². The Morgan fingerprint density at radius 3 is 2.45 bits per heavy atom. The smallest absolute Gasteiger partial charge is 0.354 e. The Hall–Kier alpha value is -1.58. The molecular weight excluding hydrogens is 252 g/mol. The molecule has 0 atom stereocenters. The monoisotopic (exact) mass is 276 g/mol.